The average Bonchev–Trinajstić information content (AvgIpc) is 2.81. The highest BCUT2D eigenvalue weighted by atomic mass is 16.5. The summed E-state index contributed by atoms with van der Waals surface area (Å²) in [6, 6.07) is 0. The Morgan fingerprint density at radius 3 is 2.62 bits per heavy atom. The number of rotatable bonds is 4. The van der Waals surface area contributed by atoms with Crippen molar-refractivity contribution in [3.8, 4) is 0 Å². The molecule has 0 radical (unpaired) electrons. The molecule has 0 spiro atoms. The zero-order chi connectivity index (χ0) is 11.5. The molecule has 0 saturated carbocycles. The third kappa shape index (κ3) is 2.11. The third-order valence-electron chi connectivity index (χ3n) is 2.35. The van der Waals surface area contributed by atoms with Gasteiger partial charge in [-0.2, -0.15) is 4.98 Å². The van der Waals surface area contributed by atoms with Gasteiger partial charge in [0.2, 0.25) is 5.89 Å². The van der Waals surface area contributed by atoms with Crippen LogP contribution in [0.3, 0.4) is 0 Å². The van der Waals surface area contributed by atoms with Gasteiger partial charge in [-0.1, -0.05) is 10.3 Å². The standard InChI is InChI=1S/C10H14N4O2/c1-6-8(7(2)15-13-6)4-10-12-9(5-11-3)14-16-10/h11H,4-5H2,1-3H3. The number of hydrogen-bond donors (Lipinski definition) is 1. The zero-order valence-corrected chi connectivity index (χ0v) is 9.57. The summed E-state index contributed by atoms with van der Waals surface area (Å²) in [4.78, 5) is 4.25. The quantitative estimate of drug-likeness (QED) is 0.831. The largest absolute Gasteiger partial charge is 0.361 e. The maximum atomic E-state index is 5.13. The highest BCUT2D eigenvalue weighted by Crippen LogP contribution is 2.16. The van der Waals surface area contributed by atoms with E-state index in [4.69, 9.17) is 9.05 Å². The molecule has 2 rings (SSSR count). The van der Waals surface area contributed by atoms with Gasteiger partial charge in [0.15, 0.2) is 5.82 Å². The first-order valence-corrected chi connectivity index (χ1v) is 5.08. The van der Waals surface area contributed by atoms with E-state index < -0.39 is 0 Å². The van der Waals surface area contributed by atoms with E-state index in [2.05, 4.69) is 20.6 Å². The van der Waals surface area contributed by atoms with E-state index in [1.165, 1.54) is 0 Å². The predicted molar refractivity (Wildman–Crippen MR) is 55.8 cm³/mol. The smallest absolute Gasteiger partial charge is 0.231 e. The van der Waals surface area contributed by atoms with E-state index in [0.29, 0.717) is 24.7 Å². The molecule has 0 amide bonds. The van der Waals surface area contributed by atoms with Gasteiger partial charge in [-0.15, -0.1) is 0 Å². The molecule has 0 bridgehead atoms. The topological polar surface area (TPSA) is 77.0 Å². The number of nitrogens with zero attached hydrogens (tertiary/aromatic N) is 3. The monoisotopic (exact) mass is 222 g/mol. The van der Waals surface area contributed by atoms with Gasteiger partial charge in [-0.25, -0.2) is 0 Å². The Morgan fingerprint density at radius 1 is 1.19 bits per heavy atom. The van der Waals surface area contributed by atoms with Crippen LogP contribution in [-0.4, -0.2) is 22.3 Å². The molecule has 2 aromatic rings. The Balaban J connectivity index is 2.14. The fourth-order valence-corrected chi connectivity index (χ4v) is 1.50. The molecule has 86 valence electrons. The first-order valence-electron chi connectivity index (χ1n) is 5.08. The molecule has 2 aromatic heterocycles. The SMILES string of the molecule is CNCc1noc(Cc2c(C)noc2C)n1. The summed E-state index contributed by atoms with van der Waals surface area (Å²) in [5.41, 5.74) is 1.88. The van der Waals surface area contributed by atoms with E-state index in [1.54, 1.807) is 0 Å². The zero-order valence-electron chi connectivity index (χ0n) is 9.57. The van der Waals surface area contributed by atoms with Crippen LogP contribution in [0.25, 0.3) is 0 Å². The Labute approximate surface area is 93.0 Å². The lowest BCUT2D eigenvalue weighted by Gasteiger charge is -1.93. The lowest BCUT2D eigenvalue weighted by Crippen LogP contribution is -2.06. The van der Waals surface area contributed by atoms with Gasteiger partial charge in [0.25, 0.3) is 0 Å². The van der Waals surface area contributed by atoms with Gasteiger partial charge in [0.05, 0.1) is 18.7 Å². The fraction of sp³-hybridized carbons (Fsp3) is 0.500. The second-order valence-corrected chi connectivity index (χ2v) is 3.61. The summed E-state index contributed by atoms with van der Waals surface area (Å²) < 4.78 is 10.2. The summed E-state index contributed by atoms with van der Waals surface area (Å²) >= 11 is 0. The third-order valence-corrected chi connectivity index (χ3v) is 2.35. The van der Waals surface area contributed by atoms with Gasteiger partial charge in [-0.3, -0.25) is 0 Å². The van der Waals surface area contributed by atoms with Crippen molar-refractivity contribution in [1.29, 1.82) is 0 Å². The Bertz CT molecular complexity index is 455. The molecule has 0 atom stereocenters. The minimum Gasteiger partial charge on any atom is -0.361 e. The van der Waals surface area contributed by atoms with Crippen molar-refractivity contribution in [2.24, 2.45) is 0 Å². The molecule has 0 aromatic carbocycles. The number of aryl methyl sites for hydroxylation is 2. The molecule has 6 nitrogen and oxygen atoms in total. The lowest BCUT2D eigenvalue weighted by molar-refractivity contribution is 0.375. The lowest BCUT2D eigenvalue weighted by atomic mass is 10.1. The van der Waals surface area contributed by atoms with Crippen molar-refractivity contribution in [1.82, 2.24) is 20.6 Å². The Hall–Kier alpha value is -1.69. The molecule has 0 fully saturated rings. The maximum absolute atomic E-state index is 5.13. The van der Waals surface area contributed by atoms with Gasteiger partial charge >= 0.3 is 0 Å². The van der Waals surface area contributed by atoms with Crippen LogP contribution < -0.4 is 5.32 Å². The Morgan fingerprint density at radius 2 is 2.00 bits per heavy atom. The average molecular weight is 222 g/mol. The number of aromatic nitrogens is 3. The van der Waals surface area contributed by atoms with Gasteiger partial charge < -0.3 is 14.4 Å². The molecular weight excluding hydrogens is 208 g/mol. The summed E-state index contributed by atoms with van der Waals surface area (Å²) in [6.45, 7) is 4.38. The van der Waals surface area contributed by atoms with Crippen LogP contribution in [0.5, 0.6) is 0 Å². The fourth-order valence-electron chi connectivity index (χ4n) is 1.50. The van der Waals surface area contributed by atoms with Crippen molar-refractivity contribution in [2.45, 2.75) is 26.8 Å². The minimum absolute atomic E-state index is 0.567. The molecule has 16 heavy (non-hydrogen) atoms. The normalized spacial score (nSPS) is 10.9. The van der Waals surface area contributed by atoms with E-state index >= 15 is 0 Å². The van der Waals surface area contributed by atoms with E-state index in [9.17, 15) is 0 Å². The molecule has 0 aliphatic rings. The van der Waals surface area contributed by atoms with Crippen LogP contribution in [0, 0.1) is 13.8 Å². The summed E-state index contributed by atoms with van der Waals surface area (Å²) in [5, 5.41) is 10.7. The highest BCUT2D eigenvalue weighted by Gasteiger charge is 2.13. The summed E-state index contributed by atoms with van der Waals surface area (Å²) in [7, 11) is 1.84. The number of nitrogens with one attached hydrogen (secondary N) is 1. The minimum atomic E-state index is 0.567. The van der Waals surface area contributed by atoms with Gasteiger partial charge in [0, 0.05) is 5.56 Å². The predicted octanol–water partition coefficient (Wildman–Crippen LogP) is 0.985. The van der Waals surface area contributed by atoms with Crippen LogP contribution in [-0.2, 0) is 13.0 Å². The van der Waals surface area contributed by atoms with Crippen LogP contribution in [0.4, 0.5) is 0 Å². The van der Waals surface area contributed by atoms with Gasteiger partial charge in [-0.05, 0) is 20.9 Å². The molecule has 0 saturated heterocycles. The summed E-state index contributed by atoms with van der Waals surface area (Å²) in [5.74, 6) is 2.04. The van der Waals surface area contributed by atoms with Crippen molar-refractivity contribution in [2.75, 3.05) is 7.05 Å². The van der Waals surface area contributed by atoms with Crippen LogP contribution in [0.15, 0.2) is 9.05 Å². The van der Waals surface area contributed by atoms with Gasteiger partial charge in [0.1, 0.15) is 5.76 Å². The molecule has 1 N–H and O–H groups in total. The molecule has 6 heteroatoms. The molecule has 0 aliphatic carbocycles. The van der Waals surface area contributed by atoms with Crippen molar-refractivity contribution in [3.63, 3.8) is 0 Å². The second kappa shape index (κ2) is 4.44. The maximum Gasteiger partial charge on any atom is 0.231 e. The first kappa shape index (κ1) is 10.8. The second-order valence-electron chi connectivity index (χ2n) is 3.61. The van der Waals surface area contributed by atoms with Crippen LogP contribution >= 0.6 is 0 Å². The van der Waals surface area contributed by atoms with Crippen molar-refractivity contribution >= 4 is 0 Å². The van der Waals surface area contributed by atoms with E-state index in [0.717, 1.165) is 17.0 Å². The molecule has 0 unspecified atom stereocenters. The van der Waals surface area contributed by atoms with Crippen LogP contribution in [0.2, 0.25) is 0 Å². The van der Waals surface area contributed by atoms with E-state index in [-0.39, 0.29) is 0 Å². The van der Waals surface area contributed by atoms with Crippen molar-refractivity contribution < 1.29 is 9.05 Å². The molecular formula is C10H14N4O2. The Kier molecular flexibility index (Phi) is 3.00. The summed E-state index contributed by atoms with van der Waals surface area (Å²) in [6.07, 6.45) is 0.567. The molecule has 0 aliphatic heterocycles. The molecule has 2 heterocycles. The van der Waals surface area contributed by atoms with Crippen LogP contribution in [0.1, 0.15) is 28.7 Å². The van der Waals surface area contributed by atoms with Crippen molar-refractivity contribution in [3.05, 3.63) is 28.7 Å². The number of hydrogen-bond acceptors (Lipinski definition) is 6. The highest BCUT2D eigenvalue weighted by molar-refractivity contribution is 5.23. The van der Waals surface area contributed by atoms with E-state index in [1.807, 2.05) is 20.9 Å². The first-order chi connectivity index (χ1) is 7.70.